The molecule has 0 radical (unpaired) electrons. The molecule has 1 aromatic carbocycles. The maximum atomic E-state index is 12.6. The van der Waals surface area contributed by atoms with E-state index in [1.807, 2.05) is 30.3 Å². The van der Waals surface area contributed by atoms with Gasteiger partial charge in [0.1, 0.15) is 5.75 Å². The Hall–Kier alpha value is -2.87. The summed E-state index contributed by atoms with van der Waals surface area (Å²) in [5.74, 6) is 0.523. The smallest absolute Gasteiger partial charge is 0.225 e. The summed E-state index contributed by atoms with van der Waals surface area (Å²) < 4.78 is 10.4. The third kappa shape index (κ3) is 4.89. The summed E-state index contributed by atoms with van der Waals surface area (Å²) in [5, 5.41) is 9.93. The number of piperidine rings is 1. The molecule has 8 heteroatoms. The number of H-pyrrole nitrogens is 1. The lowest BCUT2D eigenvalue weighted by molar-refractivity contribution is -0.139. The zero-order valence-electron chi connectivity index (χ0n) is 16.2. The summed E-state index contributed by atoms with van der Waals surface area (Å²) in [6.07, 6.45) is 0.931. The number of amides is 2. The number of nitrogens with zero attached hydrogens (tertiary/aromatic N) is 2. The summed E-state index contributed by atoms with van der Waals surface area (Å²) in [5.41, 5.74) is 2.54. The van der Waals surface area contributed by atoms with Gasteiger partial charge in [-0.05, 0) is 18.6 Å². The minimum Gasteiger partial charge on any atom is -0.496 e. The van der Waals surface area contributed by atoms with Crippen LogP contribution < -0.4 is 10.1 Å². The number of likely N-dealkylation sites (tertiary alicyclic amines) is 1. The number of carbonyl (C=O) groups excluding carboxylic acids is 2. The molecule has 2 N–H and O–H groups in total. The lowest BCUT2D eigenvalue weighted by Gasteiger charge is -2.32. The van der Waals surface area contributed by atoms with E-state index in [4.69, 9.17) is 9.47 Å². The lowest BCUT2D eigenvalue weighted by Crippen LogP contribution is -2.45. The van der Waals surface area contributed by atoms with Crippen LogP contribution >= 0.6 is 0 Å². The molecule has 0 bridgehead atoms. The summed E-state index contributed by atoms with van der Waals surface area (Å²) >= 11 is 0. The minimum atomic E-state index is -0.228. The number of nitrogens with one attached hydrogen (secondary N) is 2. The molecule has 8 nitrogen and oxygen atoms in total. The molecule has 2 aromatic rings. The number of para-hydroxylation sites is 1. The van der Waals surface area contributed by atoms with Crippen molar-refractivity contribution in [3.8, 4) is 5.75 Å². The van der Waals surface area contributed by atoms with Crippen molar-refractivity contribution in [1.29, 1.82) is 0 Å². The van der Waals surface area contributed by atoms with Crippen LogP contribution in [0.1, 0.15) is 29.8 Å². The molecule has 28 heavy (non-hydrogen) atoms. The van der Waals surface area contributed by atoms with Crippen LogP contribution in [0.2, 0.25) is 0 Å². The minimum absolute atomic E-state index is 0.0552. The largest absolute Gasteiger partial charge is 0.496 e. The van der Waals surface area contributed by atoms with E-state index in [1.54, 1.807) is 19.1 Å². The highest BCUT2D eigenvalue weighted by atomic mass is 16.5. The molecule has 1 aliphatic heterocycles. The molecule has 2 amide bonds. The quantitative estimate of drug-likeness (QED) is 0.719. The van der Waals surface area contributed by atoms with E-state index in [0.717, 1.165) is 22.7 Å². The molecular weight excluding hydrogens is 360 g/mol. The van der Waals surface area contributed by atoms with Crippen molar-refractivity contribution in [3.05, 3.63) is 47.3 Å². The maximum Gasteiger partial charge on any atom is 0.225 e. The normalized spacial score (nSPS) is 16.9. The molecule has 0 aliphatic carbocycles. The topological polar surface area (TPSA) is 96.5 Å². The van der Waals surface area contributed by atoms with Crippen LogP contribution in [-0.2, 0) is 34.0 Å². The first kappa shape index (κ1) is 19.9. The van der Waals surface area contributed by atoms with Gasteiger partial charge in [0.25, 0.3) is 0 Å². The number of hydrogen-bond acceptors (Lipinski definition) is 5. The van der Waals surface area contributed by atoms with Crippen LogP contribution in [0.15, 0.2) is 30.3 Å². The predicted molar refractivity (Wildman–Crippen MR) is 102 cm³/mol. The molecule has 1 fully saturated rings. The average molecular weight is 386 g/mol. The number of aromatic amines is 1. The third-order valence-corrected chi connectivity index (χ3v) is 4.85. The number of methoxy groups -OCH3 is 2. The molecule has 0 spiro atoms. The number of ether oxygens (including phenoxy) is 2. The van der Waals surface area contributed by atoms with Crippen molar-refractivity contribution < 1.29 is 19.1 Å². The fraction of sp³-hybridized carbons (Fsp3) is 0.450. The number of hydrogen-bond donors (Lipinski definition) is 2. The highest BCUT2D eigenvalue weighted by Gasteiger charge is 2.30. The van der Waals surface area contributed by atoms with E-state index < -0.39 is 0 Å². The first-order valence-electron chi connectivity index (χ1n) is 9.30. The summed E-state index contributed by atoms with van der Waals surface area (Å²) in [6, 6.07) is 9.48. The summed E-state index contributed by atoms with van der Waals surface area (Å²) in [7, 11) is 3.22. The third-order valence-electron chi connectivity index (χ3n) is 4.85. The average Bonchev–Trinajstić information content (AvgIpc) is 3.16. The second-order valence-electron chi connectivity index (χ2n) is 6.86. The van der Waals surface area contributed by atoms with Crippen molar-refractivity contribution in [2.24, 2.45) is 5.92 Å². The fourth-order valence-electron chi connectivity index (χ4n) is 3.37. The van der Waals surface area contributed by atoms with Crippen molar-refractivity contribution in [3.63, 3.8) is 0 Å². The van der Waals surface area contributed by atoms with E-state index in [2.05, 4.69) is 15.5 Å². The Kier molecular flexibility index (Phi) is 6.65. The lowest BCUT2D eigenvalue weighted by atomic mass is 9.96. The molecule has 2 heterocycles. The second kappa shape index (κ2) is 9.36. The van der Waals surface area contributed by atoms with Gasteiger partial charge in [0.15, 0.2) is 0 Å². The molecule has 1 saturated heterocycles. The SMILES string of the molecule is COCc1cc(CNC(=O)[C@H]2CCC(=O)N(Cc3ccccc3OC)C2)[nH]n1. The number of carbonyl (C=O) groups is 2. The molecule has 150 valence electrons. The van der Waals surface area contributed by atoms with Crippen LogP contribution in [0.25, 0.3) is 0 Å². The van der Waals surface area contributed by atoms with Crippen LogP contribution in [0, 0.1) is 5.92 Å². The molecule has 1 aromatic heterocycles. The van der Waals surface area contributed by atoms with Crippen molar-refractivity contribution in [1.82, 2.24) is 20.4 Å². The number of benzene rings is 1. The van der Waals surface area contributed by atoms with Gasteiger partial charge in [-0.1, -0.05) is 18.2 Å². The van der Waals surface area contributed by atoms with Crippen molar-refractivity contribution in [2.75, 3.05) is 20.8 Å². The van der Waals surface area contributed by atoms with E-state index >= 15 is 0 Å². The zero-order valence-corrected chi connectivity index (χ0v) is 16.2. The van der Waals surface area contributed by atoms with Gasteiger partial charge in [0.2, 0.25) is 11.8 Å². The van der Waals surface area contributed by atoms with Gasteiger partial charge in [-0.2, -0.15) is 5.10 Å². The van der Waals surface area contributed by atoms with E-state index in [9.17, 15) is 9.59 Å². The molecule has 0 saturated carbocycles. The Bertz CT molecular complexity index is 820. The standard InChI is InChI=1S/C20H26N4O4/c1-27-13-17-9-16(22-23-17)10-21-20(26)15-7-8-19(25)24(12-15)11-14-5-3-4-6-18(14)28-2/h3-6,9,15H,7-8,10-13H2,1-2H3,(H,21,26)(H,22,23)/t15-/m0/s1. The Morgan fingerprint density at radius 2 is 2.18 bits per heavy atom. The summed E-state index contributed by atoms with van der Waals surface area (Å²) in [6.45, 7) is 1.63. The number of aromatic nitrogens is 2. The molecular formula is C20H26N4O4. The number of rotatable bonds is 8. The van der Waals surface area contributed by atoms with Gasteiger partial charge in [-0.25, -0.2) is 0 Å². The first-order valence-corrected chi connectivity index (χ1v) is 9.30. The Morgan fingerprint density at radius 3 is 2.96 bits per heavy atom. The van der Waals surface area contributed by atoms with Gasteiger partial charge in [-0.15, -0.1) is 0 Å². The molecule has 3 rings (SSSR count). The zero-order chi connectivity index (χ0) is 19.9. The molecule has 1 atom stereocenters. The van der Waals surface area contributed by atoms with Gasteiger partial charge in [-0.3, -0.25) is 14.7 Å². The van der Waals surface area contributed by atoms with E-state index in [-0.39, 0.29) is 17.7 Å². The highest BCUT2D eigenvalue weighted by molar-refractivity contribution is 5.83. The van der Waals surface area contributed by atoms with Crippen LogP contribution in [-0.4, -0.2) is 47.7 Å². The summed E-state index contributed by atoms with van der Waals surface area (Å²) in [4.78, 5) is 26.7. The first-order chi connectivity index (χ1) is 13.6. The maximum absolute atomic E-state index is 12.6. The predicted octanol–water partition coefficient (Wildman–Crippen LogP) is 1.62. The second-order valence-corrected chi connectivity index (χ2v) is 6.86. The van der Waals surface area contributed by atoms with E-state index in [1.165, 1.54) is 0 Å². The fourth-order valence-corrected chi connectivity index (χ4v) is 3.37. The van der Waals surface area contributed by atoms with Gasteiger partial charge in [0, 0.05) is 32.2 Å². The monoisotopic (exact) mass is 386 g/mol. The van der Waals surface area contributed by atoms with Gasteiger partial charge >= 0.3 is 0 Å². The Balaban J connectivity index is 1.56. The molecule has 0 unspecified atom stereocenters. The highest BCUT2D eigenvalue weighted by Crippen LogP contribution is 2.24. The molecule has 1 aliphatic rings. The van der Waals surface area contributed by atoms with Gasteiger partial charge in [0.05, 0.1) is 37.6 Å². The Labute approximate surface area is 164 Å². The van der Waals surface area contributed by atoms with Crippen LogP contribution in [0.3, 0.4) is 0 Å². The van der Waals surface area contributed by atoms with Crippen molar-refractivity contribution in [2.45, 2.75) is 32.5 Å². The van der Waals surface area contributed by atoms with E-state index in [0.29, 0.717) is 39.1 Å². The van der Waals surface area contributed by atoms with Crippen molar-refractivity contribution >= 4 is 11.8 Å². The van der Waals surface area contributed by atoms with Crippen LogP contribution in [0.4, 0.5) is 0 Å². The van der Waals surface area contributed by atoms with Crippen LogP contribution in [0.5, 0.6) is 5.75 Å². The Morgan fingerprint density at radius 1 is 1.36 bits per heavy atom. The van der Waals surface area contributed by atoms with Gasteiger partial charge < -0.3 is 19.7 Å².